The molecule has 0 N–H and O–H groups in total. The minimum atomic E-state index is -0.295. The number of nitrogens with zero attached hydrogens (tertiary/aromatic N) is 4. The first-order valence-electron chi connectivity index (χ1n) is 9.38. The van der Waals surface area contributed by atoms with E-state index in [0.29, 0.717) is 44.3 Å². The molecule has 1 aromatic rings. The van der Waals surface area contributed by atoms with E-state index in [2.05, 4.69) is 23.7 Å². The molecule has 0 unspecified atom stereocenters. The average molecular weight is 362 g/mol. The van der Waals surface area contributed by atoms with Crippen molar-refractivity contribution in [1.29, 1.82) is 0 Å². The Labute approximate surface area is 155 Å². The largest absolute Gasteiger partial charge is 0.449 e. The lowest BCUT2D eigenvalue weighted by Crippen LogP contribution is -2.50. The Hall–Kier alpha value is -2.31. The molecule has 0 bridgehead atoms. The second-order valence-corrected chi connectivity index (χ2v) is 6.83. The molecule has 0 saturated carbocycles. The van der Waals surface area contributed by atoms with Crippen LogP contribution in [0.3, 0.4) is 0 Å². The molecule has 7 heteroatoms. The maximum atomic E-state index is 12.6. The summed E-state index contributed by atoms with van der Waals surface area (Å²) in [5.74, 6) is 1.15. The number of hydrogen-bond acceptors (Lipinski definition) is 5. The van der Waals surface area contributed by atoms with Crippen molar-refractivity contribution >= 4 is 17.8 Å². The van der Waals surface area contributed by atoms with Gasteiger partial charge in [0.2, 0.25) is 0 Å². The van der Waals surface area contributed by atoms with E-state index in [9.17, 15) is 9.59 Å². The Bertz CT molecular complexity index is 591. The molecule has 1 aliphatic heterocycles. The molecule has 144 valence electrons. The minimum absolute atomic E-state index is 0.0428. The second kappa shape index (κ2) is 9.40. The van der Waals surface area contributed by atoms with Gasteiger partial charge in [-0.3, -0.25) is 4.79 Å². The number of piperazine rings is 1. The topological polar surface area (TPSA) is 66.0 Å². The molecule has 2 amide bonds. The summed E-state index contributed by atoms with van der Waals surface area (Å²) in [6.45, 7) is 12.3. The molecule has 0 spiro atoms. The van der Waals surface area contributed by atoms with Gasteiger partial charge >= 0.3 is 6.09 Å². The third-order valence-corrected chi connectivity index (χ3v) is 4.45. The van der Waals surface area contributed by atoms with Crippen LogP contribution in [0.5, 0.6) is 0 Å². The fraction of sp³-hybridized carbons (Fsp3) is 0.632. The van der Waals surface area contributed by atoms with E-state index in [4.69, 9.17) is 4.74 Å². The summed E-state index contributed by atoms with van der Waals surface area (Å²) in [6, 6.07) is 3.71. The molecule has 0 aliphatic carbocycles. The van der Waals surface area contributed by atoms with E-state index < -0.39 is 0 Å². The lowest BCUT2D eigenvalue weighted by Gasteiger charge is -2.34. The number of hydrogen-bond donors (Lipinski definition) is 0. The van der Waals surface area contributed by atoms with Crippen LogP contribution in [0.15, 0.2) is 18.3 Å². The van der Waals surface area contributed by atoms with Gasteiger partial charge in [-0.1, -0.05) is 13.8 Å². The maximum Gasteiger partial charge on any atom is 0.409 e. The Morgan fingerprint density at radius 2 is 1.73 bits per heavy atom. The molecule has 2 heterocycles. The predicted molar refractivity (Wildman–Crippen MR) is 101 cm³/mol. The van der Waals surface area contributed by atoms with Crippen molar-refractivity contribution in [3.05, 3.63) is 23.9 Å². The molecule has 1 aliphatic rings. The van der Waals surface area contributed by atoms with Crippen LogP contribution in [0.1, 0.15) is 38.1 Å². The molecule has 2 rings (SSSR count). The van der Waals surface area contributed by atoms with Crippen molar-refractivity contribution in [3.63, 3.8) is 0 Å². The number of ether oxygens (including phenoxy) is 1. The molecular weight excluding hydrogens is 332 g/mol. The van der Waals surface area contributed by atoms with Crippen molar-refractivity contribution in [1.82, 2.24) is 14.8 Å². The Kier molecular flexibility index (Phi) is 7.24. The van der Waals surface area contributed by atoms with E-state index >= 15 is 0 Å². The number of carbonyl (C=O) groups excluding carboxylic acids is 2. The summed E-state index contributed by atoms with van der Waals surface area (Å²) in [5, 5.41) is 0. The van der Waals surface area contributed by atoms with E-state index in [1.165, 1.54) is 0 Å². The zero-order valence-electron chi connectivity index (χ0n) is 16.3. The first-order valence-corrected chi connectivity index (χ1v) is 9.38. The molecule has 0 aromatic carbocycles. The van der Waals surface area contributed by atoms with Gasteiger partial charge in [-0.25, -0.2) is 9.78 Å². The maximum absolute atomic E-state index is 12.6. The average Bonchev–Trinajstić information content (AvgIpc) is 2.67. The van der Waals surface area contributed by atoms with Gasteiger partial charge in [0, 0.05) is 45.5 Å². The van der Waals surface area contributed by atoms with Crippen molar-refractivity contribution in [2.75, 3.05) is 50.8 Å². The van der Waals surface area contributed by atoms with Crippen molar-refractivity contribution in [2.45, 2.75) is 27.7 Å². The van der Waals surface area contributed by atoms with Gasteiger partial charge < -0.3 is 19.4 Å². The Morgan fingerprint density at radius 1 is 1.12 bits per heavy atom. The summed E-state index contributed by atoms with van der Waals surface area (Å²) in [5.41, 5.74) is 0.580. The van der Waals surface area contributed by atoms with E-state index in [1.807, 2.05) is 26.0 Å². The van der Waals surface area contributed by atoms with Crippen LogP contribution < -0.4 is 4.90 Å². The predicted octanol–water partition coefficient (Wildman–Crippen LogP) is 2.48. The van der Waals surface area contributed by atoms with Gasteiger partial charge in [-0.15, -0.1) is 0 Å². The van der Waals surface area contributed by atoms with Crippen LogP contribution in [-0.4, -0.2) is 72.7 Å². The Morgan fingerprint density at radius 3 is 2.23 bits per heavy atom. The second-order valence-electron chi connectivity index (χ2n) is 6.83. The highest BCUT2D eigenvalue weighted by Crippen LogP contribution is 2.14. The van der Waals surface area contributed by atoms with Gasteiger partial charge in [-0.05, 0) is 31.9 Å². The summed E-state index contributed by atoms with van der Waals surface area (Å²) >= 11 is 0. The first-order chi connectivity index (χ1) is 12.5. The van der Waals surface area contributed by atoms with E-state index in [0.717, 1.165) is 18.9 Å². The smallest absolute Gasteiger partial charge is 0.409 e. The number of pyridine rings is 1. The fourth-order valence-corrected chi connectivity index (χ4v) is 2.85. The van der Waals surface area contributed by atoms with Crippen LogP contribution in [0, 0.1) is 5.92 Å². The van der Waals surface area contributed by atoms with Gasteiger partial charge in [0.05, 0.1) is 12.2 Å². The molecule has 26 heavy (non-hydrogen) atoms. The third-order valence-electron chi connectivity index (χ3n) is 4.45. The van der Waals surface area contributed by atoms with Crippen LogP contribution in [-0.2, 0) is 4.74 Å². The highest BCUT2D eigenvalue weighted by Gasteiger charge is 2.26. The van der Waals surface area contributed by atoms with E-state index in [-0.39, 0.29) is 12.0 Å². The van der Waals surface area contributed by atoms with Gasteiger partial charge in [0.1, 0.15) is 5.82 Å². The molecule has 1 aromatic heterocycles. The van der Waals surface area contributed by atoms with Crippen LogP contribution in [0.4, 0.5) is 10.6 Å². The van der Waals surface area contributed by atoms with Crippen molar-refractivity contribution < 1.29 is 14.3 Å². The quantitative estimate of drug-likeness (QED) is 0.778. The molecule has 0 radical (unpaired) electrons. The van der Waals surface area contributed by atoms with E-state index in [1.54, 1.807) is 16.0 Å². The molecule has 7 nitrogen and oxygen atoms in total. The summed E-state index contributed by atoms with van der Waals surface area (Å²) in [6.07, 6.45) is 1.34. The van der Waals surface area contributed by atoms with Crippen LogP contribution in [0.2, 0.25) is 0 Å². The number of aromatic nitrogens is 1. The zero-order valence-corrected chi connectivity index (χ0v) is 16.3. The van der Waals surface area contributed by atoms with Gasteiger partial charge in [0.15, 0.2) is 0 Å². The van der Waals surface area contributed by atoms with Crippen LogP contribution in [0.25, 0.3) is 0 Å². The van der Waals surface area contributed by atoms with Crippen molar-refractivity contribution in [3.8, 4) is 0 Å². The standard InChI is InChI=1S/C19H30N4O3/c1-5-21(6-2)17-8-7-16(13-20-17)18(24)22-9-11-23(12-10-22)19(25)26-14-15(3)4/h7-8,13,15H,5-6,9-12,14H2,1-4H3. The number of amides is 2. The summed E-state index contributed by atoms with van der Waals surface area (Å²) in [4.78, 5) is 34.6. The minimum Gasteiger partial charge on any atom is -0.449 e. The number of rotatable bonds is 6. The Balaban J connectivity index is 1.89. The molecular formula is C19H30N4O3. The fourth-order valence-electron chi connectivity index (χ4n) is 2.85. The number of anilines is 1. The van der Waals surface area contributed by atoms with Crippen molar-refractivity contribution in [2.24, 2.45) is 5.92 Å². The lowest BCUT2D eigenvalue weighted by molar-refractivity contribution is 0.0535. The molecule has 1 saturated heterocycles. The SMILES string of the molecule is CCN(CC)c1ccc(C(=O)N2CCN(C(=O)OCC(C)C)CC2)cn1. The zero-order chi connectivity index (χ0) is 19.1. The summed E-state index contributed by atoms with van der Waals surface area (Å²) < 4.78 is 5.25. The molecule has 0 atom stereocenters. The number of carbonyl (C=O) groups is 2. The van der Waals surface area contributed by atoms with Crippen LogP contribution >= 0.6 is 0 Å². The van der Waals surface area contributed by atoms with Gasteiger partial charge in [-0.2, -0.15) is 0 Å². The first kappa shape index (κ1) is 20.0. The lowest BCUT2D eigenvalue weighted by atomic mass is 10.2. The van der Waals surface area contributed by atoms with Gasteiger partial charge in [0.25, 0.3) is 5.91 Å². The molecule has 1 fully saturated rings. The highest BCUT2D eigenvalue weighted by atomic mass is 16.6. The monoisotopic (exact) mass is 362 g/mol. The summed E-state index contributed by atoms with van der Waals surface area (Å²) in [7, 11) is 0. The third kappa shape index (κ3) is 5.09. The highest BCUT2D eigenvalue weighted by molar-refractivity contribution is 5.94. The normalized spacial score (nSPS) is 14.5.